The first-order chi connectivity index (χ1) is 8.17. The van der Waals surface area contributed by atoms with Crippen molar-refractivity contribution in [2.45, 2.75) is 27.2 Å². The maximum atomic E-state index is 3.45. The molecule has 0 fully saturated rings. The van der Waals surface area contributed by atoms with Crippen molar-refractivity contribution in [3.63, 3.8) is 0 Å². The molecule has 0 heterocycles. The van der Waals surface area contributed by atoms with E-state index in [1.807, 2.05) is 0 Å². The van der Waals surface area contributed by atoms with Crippen molar-refractivity contribution in [2.24, 2.45) is 0 Å². The van der Waals surface area contributed by atoms with Gasteiger partial charge in [-0.1, -0.05) is 30.7 Å². The molecular weight excluding hydrogens is 206 g/mol. The van der Waals surface area contributed by atoms with Gasteiger partial charge < -0.3 is 5.32 Å². The van der Waals surface area contributed by atoms with E-state index in [1.54, 1.807) is 0 Å². The summed E-state index contributed by atoms with van der Waals surface area (Å²) in [6.45, 7) is 6.43. The first-order valence-electron chi connectivity index (χ1n) is 6.11. The molecule has 2 aromatic rings. The van der Waals surface area contributed by atoms with Gasteiger partial charge in [0.05, 0.1) is 0 Å². The van der Waals surface area contributed by atoms with E-state index in [2.05, 4.69) is 68.6 Å². The van der Waals surface area contributed by atoms with Crippen molar-refractivity contribution in [3.05, 3.63) is 59.2 Å². The predicted molar refractivity (Wildman–Crippen MR) is 75.0 cm³/mol. The molecule has 0 aliphatic carbocycles. The van der Waals surface area contributed by atoms with Gasteiger partial charge in [0, 0.05) is 11.4 Å². The van der Waals surface area contributed by atoms with E-state index in [9.17, 15) is 0 Å². The third-order valence-electron chi connectivity index (χ3n) is 2.89. The molecule has 1 nitrogen and oxygen atoms in total. The standard InChI is InChI=1S/C16H19N/c1-4-14-9-13(3)10-16(11-14)17-15-7-5-12(2)6-8-15/h5-11,17H,4H2,1-3H3. The molecule has 0 saturated carbocycles. The molecule has 0 unspecified atom stereocenters. The van der Waals surface area contributed by atoms with Gasteiger partial charge in [-0.2, -0.15) is 0 Å². The summed E-state index contributed by atoms with van der Waals surface area (Å²) in [6, 6.07) is 15.1. The molecule has 0 bridgehead atoms. The topological polar surface area (TPSA) is 12.0 Å². The Morgan fingerprint density at radius 1 is 0.824 bits per heavy atom. The zero-order chi connectivity index (χ0) is 12.3. The van der Waals surface area contributed by atoms with Crippen LogP contribution in [0.25, 0.3) is 0 Å². The molecule has 0 atom stereocenters. The van der Waals surface area contributed by atoms with Crippen LogP contribution >= 0.6 is 0 Å². The minimum Gasteiger partial charge on any atom is -0.356 e. The summed E-state index contributed by atoms with van der Waals surface area (Å²) in [5.41, 5.74) is 6.28. The molecule has 0 radical (unpaired) electrons. The van der Waals surface area contributed by atoms with E-state index >= 15 is 0 Å². The predicted octanol–water partition coefficient (Wildman–Crippen LogP) is 4.61. The van der Waals surface area contributed by atoms with Crippen LogP contribution < -0.4 is 5.32 Å². The molecule has 17 heavy (non-hydrogen) atoms. The van der Waals surface area contributed by atoms with Gasteiger partial charge in [-0.05, 0) is 55.7 Å². The lowest BCUT2D eigenvalue weighted by Gasteiger charge is -2.09. The van der Waals surface area contributed by atoms with Crippen LogP contribution in [0.1, 0.15) is 23.6 Å². The number of hydrogen-bond acceptors (Lipinski definition) is 1. The summed E-state index contributed by atoms with van der Waals surface area (Å²) in [4.78, 5) is 0. The Kier molecular flexibility index (Phi) is 3.48. The Morgan fingerprint density at radius 2 is 1.53 bits per heavy atom. The third-order valence-corrected chi connectivity index (χ3v) is 2.89. The van der Waals surface area contributed by atoms with Crippen molar-refractivity contribution in [2.75, 3.05) is 5.32 Å². The average molecular weight is 225 g/mol. The fourth-order valence-corrected chi connectivity index (χ4v) is 1.94. The molecule has 0 aliphatic rings. The number of anilines is 2. The minimum absolute atomic E-state index is 1.07. The Morgan fingerprint density at radius 3 is 2.18 bits per heavy atom. The summed E-state index contributed by atoms with van der Waals surface area (Å²) >= 11 is 0. The molecule has 1 heteroatoms. The molecule has 0 saturated heterocycles. The molecule has 0 aromatic heterocycles. The maximum absolute atomic E-state index is 3.45. The summed E-state index contributed by atoms with van der Waals surface area (Å²) in [6.07, 6.45) is 1.07. The molecular formula is C16H19N. The smallest absolute Gasteiger partial charge is 0.0389 e. The Labute approximate surface area is 103 Å². The lowest BCUT2D eigenvalue weighted by molar-refractivity contribution is 1.13. The van der Waals surface area contributed by atoms with Crippen LogP contribution in [0, 0.1) is 13.8 Å². The number of aryl methyl sites for hydroxylation is 3. The lowest BCUT2D eigenvalue weighted by Crippen LogP contribution is -1.93. The highest BCUT2D eigenvalue weighted by Crippen LogP contribution is 2.20. The van der Waals surface area contributed by atoms with Gasteiger partial charge in [0.25, 0.3) is 0 Å². The van der Waals surface area contributed by atoms with Crippen molar-refractivity contribution < 1.29 is 0 Å². The summed E-state index contributed by atoms with van der Waals surface area (Å²) in [5.74, 6) is 0. The largest absolute Gasteiger partial charge is 0.356 e. The highest BCUT2D eigenvalue weighted by molar-refractivity contribution is 5.61. The van der Waals surface area contributed by atoms with E-state index in [0.717, 1.165) is 12.1 Å². The van der Waals surface area contributed by atoms with E-state index in [0.29, 0.717) is 0 Å². The van der Waals surface area contributed by atoms with Crippen LogP contribution in [0.2, 0.25) is 0 Å². The van der Waals surface area contributed by atoms with E-state index in [4.69, 9.17) is 0 Å². The summed E-state index contributed by atoms with van der Waals surface area (Å²) < 4.78 is 0. The third kappa shape index (κ3) is 3.10. The number of hydrogen-bond donors (Lipinski definition) is 1. The van der Waals surface area contributed by atoms with Crippen molar-refractivity contribution in [1.82, 2.24) is 0 Å². The van der Waals surface area contributed by atoms with Gasteiger partial charge in [0.1, 0.15) is 0 Å². The zero-order valence-corrected chi connectivity index (χ0v) is 10.7. The van der Waals surface area contributed by atoms with Crippen molar-refractivity contribution in [3.8, 4) is 0 Å². The highest BCUT2D eigenvalue weighted by atomic mass is 14.9. The van der Waals surface area contributed by atoms with Gasteiger partial charge in [-0.25, -0.2) is 0 Å². The monoisotopic (exact) mass is 225 g/mol. The maximum Gasteiger partial charge on any atom is 0.0389 e. The van der Waals surface area contributed by atoms with Gasteiger partial charge in [0.15, 0.2) is 0 Å². The van der Waals surface area contributed by atoms with Crippen LogP contribution in [0.5, 0.6) is 0 Å². The first-order valence-corrected chi connectivity index (χ1v) is 6.11. The average Bonchev–Trinajstić information content (AvgIpc) is 2.31. The van der Waals surface area contributed by atoms with E-state index in [-0.39, 0.29) is 0 Å². The Bertz CT molecular complexity index is 497. The van der Waals surface area contributed by atoms with Crippen LogP contribution in [0.4, 0.5) is 11.4 Å². The first kappa shape index (κ1) is 11.7. The minimum atomic E-state index is 1.07. The van der Waals surface area contributed by atoms with Crippen molar-refractivity contribution >= 4 is 11.4 Å². The van der Waals surface area contributed by atoms with Gasteiger partial charge in [0.2, 0.25) is 0 Å². The van der Waals surface area contributed by atoms with Crippen molar-refractivity contribution in [1.29, 1.82) is 0 Å². The molecule has 2 aromatic carbocycles. The second-order valence-corrected chi connectivity index (χ2v) is 4.55. The fraction of sp³-hybridized carbons (Fsp3) is 0.250. The molecule has 88 valence electrons. The molecule has 1 N–H and O–H groups in total. The molecule has 0 aliphatic heterocycles. The quantitative estimate of drug-likeness (QED) is 0.804. The van der Waals surface area contributed by atoms with Crippen LogP contribution in [0.15, 0.2) is 42.5 Å². The fourth-order valence-electron chi connectivity index (χ4n) is 1.94. The zero-order valence-electron chi connectivity index (χ0n) is 10.7. The van der Waals surface area contributed by atoms with Gasteiger partial charge in [-0.15, -0.1) is 0 Å². The normalized spacial score (nSPS) is 10.3. The second-order valence-electron chi connectivity index (χ2n) is 4.55. The Hall–Kier alpha value is -1.76. The molecule has 2 rings (SSSR count). The second kappa shape index (κ2) is 5.05. The Balaban J connectivity index is 2.23. The van der Waals surface area contributed by atoms with E-state index < -0.39 is 0 Å². The summed E-state index contributed by atoms with van der Waals surface area (Å²) in [7, 11) is 0. The SMILES string of the molecule is CCc1cc(C)cc(Nc2ccc(C)cc2)c1. The molecule has 0 amide bonds. The van der Waals surface area contributed by atoms with Gasteiger partial charge in [-0.3, -0.25) is 0 Å². The van der Waals surface area contributed by atoms with Gasteiger partial charge >= 0.3 is 0 Å². The van der Waals surface area contributed by atoms with Crippen LogP contribution in [-0.2, 0) is 6.42 Å². The number of benzene rings is 2. The van der Waals surface area contributed by atoms with Crippen LogP contribution in [-0.4, -0.2) is 0 Å². The highest BCUT2D eigenvalue weighted by Gasteiger charge is 1.98. The number of rotatable bonds is 3. The number of nitrogens with one attached hydrogen (secondary N) is 1. The van der Waals surface area contributed by atoms with Crippen LogP contribution in [0.3, 0.4) is 0 Å². The lowest BCUT2D eigenvalue weighted by atomic mass is 10.1. The van der Waals surface area contributed by atoms with E-state index in [1.165, 1.54) is 22.4 Å². The molecule has 0 spiro atoms. The summed E-state index contributed by atoms with van der Waals surface area (Å²) in [5, 5.41) is 3.45.